The minimum Gasteiger partial charge on any atom is -0.491 e. The molecule has 13 nitrogen and oxygen atoms in total. The SMILES string of the molecule is C[C@H](NC(=O)[C@@H]1CCCN1C(=O)[C@@H](NC(=O)COCCOc1ccc(-c2ccc(C(=O)NC3C(C)(C)C(Oc4ccc(C#N)c(Cl)c4)C3(C)C)cc2)cc1)C(C)(C)C)c1ccc(C#N)cc1. The van der Waals surface area contributed by atoms with E-state index in [1.54, 1.807) is 59.5 Å². The number of nitrogens with zero attached hydrogens (tertiary/aromatic N) is 3. The summed E-state index contributed by atoms with van der Waals surface area (Å²) in [5.41, 5.74) is 2.74. The van der Waals surface area contributed by atoms with E-state index >= 15 is 0 Å². The number of likely N-dealkylation sites (tertiary alicyclic amines) is 1. The number of hydrogen-bond donors (Lipinski definition) is 3. The number of benzene rings is 4. The molecule has 1 saturated carbocycles. The van der Waals surface area contributed by atoms with Crippen LogP contribution in [0.1, 0.15) is 101 Å². The van der Waals surface area contributed by atoms with Gasteiger partial charge >= 0.3 is 0 Å². The van der Waals surface area contributed by atoms with Crippen molar-refractivity contribution in [3.05, 3.63) is 118 Å². The number of halogens is 1. The lowest BCUT2D eigenvalue weighted by molar-refractivity contribution is -0.164. The molecule has 0 radical (unpaired) electrons. The normalized spacial score (nSPS) is 19.2. The van der Waals surface area contributed by atoms with Crippen molar-refractivity contribution < 1.29 is 33.4 Å². The topological polar surface area (TPSA) is 183 Å². The molecule has 6 rings (SSSR count). The lowest BCUT2D eigenvalue weighted by Crippen LogP contribution is -2.74. The fourth-order valence-corrected chi connectivity index (χ4v) is 9.52. The molecule has 346 valence electrons. The summed E-state index contributed by atoms with van der Waals surface area (Å²) in [4.78, 5) is 55.4. The zero-order valence-corrected chi connectivity index (χ0v) is 39.6. The van der Waals surface area contributed by atoms with Gasteiger partial charge in [-0.15, -0.1) is 0 Å². The largest absolute Gasteiger partial charge is 0.491 e. The van der Waals surface area contributed by atoms with Gasteiger partial charge in [0.2, 0.25) is 17.7 Å². The summed E-state index contributed by atoms with van der Waals surface area (Å²) in [6.07, 6.45) is 0.964. The van der Waals surface area contributed by atoms with E-state index in [-0.39, 0.29) is 55.7 Å². The fraction of sp³-hybridized carbons (Fsp3) is 0.423. The van der Waals surface area contributed by atoms with Gasteiger partial charge in [0, 0.05) is 35.0 Å². The molecule has 4 amide bonds. The monoisotopic (exact) mass is 914 g/mol. The maximum absolute atomic E-state index is 13.9. The quantitative estimate of drug-likeness (QED) is 0.0934. The first-order valence-corrected chi connectivity index (χ1v) is 22.6. The van der Waals surface area contributed by atoms with Crippen molar-refractivity contribution in [3.63, 3.8) is 0 Å². The second-order valence-corrected chi connectivity index (χ2v) is 19.7. The fourth-order valence-electron chi connectivity index (χ4n) is 9.31. The van der Waals surface area contributed by atoms with Crippen LogP contribution in [0, 0.1) is 38.9 Å². The van der Waals surface area contributed by atoms with Gasteiger partial charge in [-0.25, -0.2) is 0 Å². The van der Waals surface area contributed by atoms with Gasteiger partial charge in [-0.2, -0.15) is 10.5 Å². The lowest BCUT2D eigenvalue weighted by atomic mass is 9.49. The summed E-state index contributed by atoms with van der Waals surface area (Å²) < 4.78 is 17.8. The number of nitriles is 2. The second kappa shape index (κ2) is 20.4. The molecular weight excluding hydrogens is 856 g/mol. The van der Waals surface area contributed by atoms with Crippen molar-refractivity contribution in [2.45, 2.75) is 98.5 Å². The van der Waals surface area contributed by atoms with Crippen LogP contribution in [0.2, 0.25) is 5.02 Å². The molecule has 0 spiro atoms. The highest BCUT2D eigenvalue weighted by Gasteiger charge is 2.64. The van der Waals surface area contributed by atoms with E-state index in [4.69, 9.17) is 31.1 Å². The van der Waals surface area contributed by atoms with Crippen LogP contribution in [-0.2, 0) is 19.1 Å². The molecular formula is C52H59ClN6O7. The van der Waals surface area contributed by atoms with Crippen LogP contribution in [0.15, 0.2) is 91.0 Å². The molecule has 3 atom stereocenters. The smallest absolute Gasteiger partial charge is 0.251 e. The molecule has 0 aromatic heterocycles. The average Bonchev–Trinajstić information content (AvgIpc) is 3.79. The molecule has 66 heavy (non-hydrogen) atoms. The Kier molecular flexibility index (Phi) is 15.2. The van der Waals surface area contributed by atoms with Crippen LogP contribution in [0.5, 0.6) is 11.5 Å². The maximum atomic E-state index is 13.9. The molecule has 3 N–H and O–H groups in total. The molecule has 0 bridgehead atoms. The summed E-state index contributed by atoms with van der Waals surface area (Å²) in [6.45, 7) is 16.2. The third kappa shape index (κ3) is 11.2. The number of rotatable bonds is 16. The third-order valence-corrected chi connectivity index (χ3v) is 13.0. The number of carbonyl (C=O) groups is 4. The van der Waals surface area contributed by atoms with Crippen LogP contribution >= 0.6 is 11.6 Å². The molecule has 1 heterocycles. The lowest BCUT2D eigenvalue weighted by Gasteiger charge is -2.63. The summed E-state index contributed by atoms with van der Waals surface area (Å²) in [5, 5.41) is 27.7. The van der Waals surface area contributed by atoms with Crippen molar-refractivity contribution in [3.8, 4) is 34.8 Å². The summed E-state index contributed by atoms with van der Waals surface area (Å²) in [6, 6.07) is 29.1. The molecule has 1 aliphatic heterocycles. The molecule has 4 aromatic rings. The Morgan fingerprint density at radius 1 is 0.833 bits per heavy atom. The van der Waals surface area contributed by atoms with Crippen molar-refractivity contribution in [1.82, 2.24) is 20.9 Å². The molecule has 2 fully saturated rings. The Morgan fingerprint density at radius 3 is 2.05 bits per heavy atom. The number of ether oxygens (including phenoxy) is 3. The Labute approximate surface area is 392 Å². The zero-order chi connectivity index (χ0) is 48.0. The summed E-state index contributed by atoms with van der Waals surface area (Å²) >= 11 is 6.24. The molecule has 14 heteroatoms. The van der Waals surface area contributed by atoms with E-state index in [9.17, 15) is 24.4 Å². The summed E-state index contributed by atoms with van der Waals surface area (Å²) in [7, 11) is 0. The van der Waals surface area contributed by atoms with Gasteiger partial charge < -0.3 is 35.1 Å². The highest BCUT2D eigenvalue weighted by Crippen LogP contribution is 2.55. The number of nitrogens with one attached hydrogen (secondary N) is 3. The number of amides is 4. The molecule has 1 aliphatic carbocycles. The van der Waals surface area contributed by atoms with Crippen LogP contribution in [0.3, 0.4) is 0 Å². The Balaban J connectivity index is 0.934. The van der Waals surface area contributed by atoms with E-state index < -0.39 is 34.2 Å². The van der Waals surface area contributed by atoms with Crippen LogP contribution in [0.25, 0.3) is 11.1 Å². The highest BCUT2D eigenvalue weighted by molar-refractivity contribution is 6.31. The average molecular weight is 916 g/mol. The Morgan fingerprint density at radius 2 is 1.45 bits per heavy atom. The van der Waals surface area contributed by atoms with Crippen LogP contribution in [0.4, 0.5) is 0 Å². The predicted molar refractivity (Wildman–Crippen MR) is 251 cm³/mol. The van der Waals surface area contributed by atoms with E-state index in [1.165, 1.54) is 0 Å². The van der Waals surface area contributed by atoms with Gasteiger partial charge in [0.05, 0.1) is 34.9 Å². The second-order valence-electron chi connectivity index (χ2n) is 19.3. The van der Waals surface area contributed by atoms with Gasteiger partial charge in [-0.1, -0.05) is 96.5 Å². The molecule has 0 unspecified atom stereocenters. The Bertz CT molecular complexity index is 2470. The van der Waals surface area contributed by atoms with E-state index in [0.29, 0.717) is 52.6 Å². The van der Waals surface area contributed by atoms with Gasteiger partial charge in [-0.3, -0.25) is 19.2 Å². The first-order valence-electron chi connectivity index (χ1n) is 22.2. The molecule has 1 saturated heterocycles. The standard InChI is InChI=1S/C52H59ClN6O7/c1-32(34-13-11-33(29-54)12-14-34)56-46(62)42-10-9-25-59(42)47(63)44(50(2,3)4)57-43(60)31-64-26-27-65-39-22-19-36(20-23-39)35-15-17-37(18-16-35)45(61)58-48-51(5,6)49(52(48,7)8)66-40-24-21-38(30-55)41(53)28-40/h11-24,28,32,42,44,48-49H,9-10,25-27,31H2,1-8H3,(H,56,62)(H,57,60)(H,58,61)/t32-,42-,44+,48?,49?/m0/s1. The zero-order valence-electron chi connectivity index (χ0n) is 38.9. The van der Waals surface area contributed by atoms with Gasteiger partial charge in [0.1, 0.15) is 49.0 Å². The van der Waals surface area contributed by atoms with E-state index in [0.717, 1.165) is 16.7 Å². The molecule has 2 aliphatic rings. The predicted octanol–water partition coefficient (Wildman–Crippen LogP) is 8.16. The van der Waals surface area contributed by atoms with Gasteiger partial charge in [0.15, 0.2) is 0 Å². The summed E-state index contributed by atoms with van der Waals surface area (Å²) in [5.74, 6) is -0.0223. The molecule has 4 aromatic carbocycles. The van der Waals surface area contributed by atoms with Crippen molar-refractivity contribution in [2.75, 3.05) is 26.4 Å². The third-order valence-electron chi connectivity index (χ3n) is 12.6. The minimum atomic E-state index is -0.884. The number of carbonyl (C=O) groups excluding carboxylic acids is 4. The Hall–Kier alpha value is -6.41. The minimum absolute atomic E-state index is 0.132. The van der Waals surface area contributed by atoms with Crippen LogP contribution in [-0.4, -0.2) is 79.1 Å². The van der Waals surface area contributed by atoms with Crippen molar-refractivity contribution >= 4 is 35.2 Å². The van der Waals surface area contributed by atoms with Gasteiger partial charge in [0.25, 0.3) is 5.91 Å². The maximum Gasteiger partial charge on any atom is 0.251 e. The van der Waals surface area contributed by atoms with Gasteiger partial charge in [-0.05, 0) is 90.4 Å². The van der Waals surface area contributed by atoms with Crippen LogP contribution < -0.4 is 25.4 Å². The first kappa shape index (κ1) is 49.0. The van der Waals surface area contributed by atoms with Crippen molar-refractivity contribution in [2.24, 2.45) is 16.2 Å². The van der Waals surface area contributed by atoms with E-state index in [1.807, 2.05) is 64.1 Å². The number of hydrogen-bond acceptors (Lipinski definition) is 9. The van der Waals surface area contributed by atoms with Crippen molar-refractivity contribution in [1.29, 1.82) is 10.5 Å². The first-order chi connectivity index (χ1) is 31.2. The van der Waals surface area contributed by atoms with E-state index in [2.05, 4.69) is 55.8 Å². The highest BCUT2D eigenvalue weighted by atomic mass is 35.5.